The van der Waals surface area contributed by atoms with Crippen molar-refractivity contribution in [1.29, 1.82) is 0 Å². The number of alkyl halides is 3. The van der Waals surface area contributed by atoms with E-state index in [9.17, 15) is 27.9 Å². The van der Waals surface area contributed by atoms with Crippen LogP contribution in [0.2, 0.25) is 0 Å². The number of nitrogens with zero attached hydrogens (tertiary/aromatic N) is 3. The fraction of sp³-hybridized carbons (Fsp3) is 0.158. The van der Waals surface area contributed by atoms with Crippen LogP contribution in [0.1, 0.15) is 15.9 Å². The zero-order valence-electron chi connectivity index (χ0n) is 15.9. The van der Waals surface area contributed by atoms with Crippen LogP contribution in [0.5, 0.6) is 11.5 Å². The van der Waals surface area contributed by atoms with Crippen molar-refractivity contribution in [3.05, 3.63) is 60.2 Å². The maximum atomic E-state index is 13.1. The van der Waals surface area contributed by atoms with Crippen LogP contribution in [0, 0.1) is 0 Å². The van der Waals surface area contributed by atoms with Crippen molar-refractivity contribution in [2.45, 2.75) is 6.18 Å². The van der Waals surface area contributed by atoms with E-state index in [0.717, 1.165) is 22.9 Å². The summed E-state index contributed by atoms with van der Waals surface area (Å²) in [5, 5.41) is 15.9. The molecular weight excluding hydrogens is 421 g/mol. The van der Waals surface area contributed by atoms with E-state index in [1.807, 2.05) is 0 Å². The van der Waals surface area contributed by atoms with Gasteiger partial charge >= 0.3 is 12.1 Å². The first-order valence-electron chi connectivity index (χ1n) is 8.59. The summed E-state index contributed by atoms with van der Waals surface area (Å²) in [4.78, 5) is 28.0. The highest BCUT2D eigenvalue weighted by molar-refractivity contribution is 5.97. The van der Waals surface area contributed by atoms with Gasteiger partial charge < -0.3 is 19.9 Å². The third-order valence-electron chi connectivity index (χ3n) is 4.02. The van der Waals surface area contributed by atoms with Crippen LogP contribution in [0.4, 0.5) is 18.9 Å². The summed E-state index contributed by atoms with van der Waals surface area (Å²) in [6.07, 6.45) is -2.23. The van der Waals surface area contributed by atoms with Gasteiger partial charge in [0.15, 0.2) is 6.61 Å². The fourth-order valence-electron chi connectivity index (χ4n) is 2.55. The van der Waals surface area contributed by atoms with Gasteiger partial charge in [-0.3, -0.25) is 4.79 Å². The predicted molar refractivity (Wildman–Crippen MR) is 99.9 cm³/mol. The van der Waals surface area contributed by atoms with Crippen molar-refractivity contribution in [1.82, 2.24) is 14.8 Å². The van der Waals surface area contributed by atoms with Gasteiger partial charge in [-0.05, 0) is 30.3 Å². The van der Waals surface area contributed by atoms with Gasteiger partial charge in [0.05, 0.1) is 24.0 Å². The third kappa shape index (κ3) is 5.10. The number of ether oxygens (including phenoxy) is 2. The summed E-state index contributed by atoms with van der Waals surface area (Å²) in [7, 11) is 1.37. The molecule has 3 rings (SSSR count). The number of phenolic OH excluding ortho intramolecular Hbond substituents is 1. The second-order valence-electron chi connectivity index (χ2n) is 6.08. The first-order valence-corrected chi connectivity index (χ1v) is 8.59. The van der Waals surface area contributed by atoms with Gasteiger partial charge in [-0.25, -0.2) is 14.5 Å². The molecule has 1 amide bonds. The number of methoxy groups -OCH3 is 1. The van der Waals surface area contributed by atoms with E-state index in [2.05, 4.69) is 15.4 Å². The van der Waals surface area contributed by atoms with Crippen LogP contribution < -0.4 is 10.1 Å². The van der Waals surface area contributed by atoms with Gasteiger partial charge in [-0.15, -0.1) is 0 Å². The first kappa shape index (κ1) is 21.6. The Morgan fingerprint density at radius 3 is 2.58 bits per heavy atom. The summed E-state index contributed by atoms with van der Waals surface area (Å²) >= 11 is 0. The second kappa shape index (κ2) is 8.73. The number of phenols is 1. The molecule has 9 nitrogen and oxygen atoms in total. The van der Waals surface area contributed by atoms with Crippen molar-refractivity contribution in [2.75, 3.05) is 19.0 Å². The van der Waals surface area contributed by atoms with Crippen LogP contribution in [0.25, 0.3) is 5.69 Å². The number of carbonyl (C=O) groups is 2. The number of carbonyl (C=O) groups excluding carboxylic acids is 2. The average Bonchev–Trinajstić information content (AvgIpc) is 3.25. The highest BCUT2D eigenvalue weighted by atomic mass is 19.4. The Kier molecular flexibility index (Phi) is 6.09. The largest absolute Gasteiger partial charge is 0.507 e. The lowest BCUT2D eigenvalue weighted by Gasteiger charge is -2.14. The molecule has 1 heterocycles. The Labute approximate surface area is 173 Å². The molecule has 1 aromatic heterocycles. The van der Waals surface area contributed by atoms with Crippen molar-refractivity contribution in [3.63, 3.8) is 0 Å². The molecule has 31 heavy (non-hydrogen) atoms. The Morgan fingerprint density at radius 1 is 1.19 bits per heavy atom. The van der Waals surface area contributed by atoms with E-state index >= 15 is 0 Å². The molecule has 0 fully saturated rings. The Morgan fingerprint density at radius 2 is 1.97 bits per heavy atom. The zero-order valence-corrected chi connectivity index (χ0v) is 15.9. The number of hydrogen-bond acceptors (Lipinski definition) is 7. The van der Waals surface area contributed by atoms with Crippen molar-refractivity contribution >= 4 is 17.6 Å². The normalized spacial score (nSPS) is 11.1. The monoisotopic (exact) mass is 436 g/mol. The number of amides is 1. The molecule has 162 valence electrons. The molecule has 0 atom stereocenters. The van der Waals surface area contributed by atoms with E-state index in [1.165, 1.54) is 38.0 Å². The van der Waals surface area contributed by atoms with Crippen LogP contribution in [0.15, 0.2) is 49.1 Å². The molecule has 0 bridgehead atoms. The predicted octanol–water partition coefficient (Wildman–Crippen LogP) is 2.80. The lowest BCUT2D eigenvalue weighted by Crippen LogP contribution is -2.22. The van der Waals surface area contributed by atoms with Gasteiger partial charge in [0.2, 0.25) is 0 Å². The van der Waals surface area contributed by atoms with E-state index < -0.39 is 36.0 Å². The second-order valence-corrected chi connectivity index (χ2v) is 6.08. The van der Waals surface area contributed by atoms with Crippen molar-refractivity contribution in [2.24, 2.45) is 0 Å². The maximum absolute atomic E-state index is 13.1. The number of nitrogens with one attached hydrogen (secondary N) is 1. The van der Waals surface area contributed by atoms with Crippen LogP contribution >= 0.6 is 0 Å². The molecule has 0 radical (unpaired) electrons. The highest BCUT2D eigenvalue weighted by Crippen LogP contribution is 2.33. The van der Waals surface area contributed by atoms with Crippen LogP contribution in [-0.4, -0.2) is 45.5 Å². The van der Waals surface area contributed by atoms with E-state index in [-0.39, 0.29) is 16.9 Å². The Hall–Kier alpha value is -4.09. The molecule has 2 N–H and O–H groups in total. The number of anilines is 1. The van der Waals surface area contributed by atoms with Gasteiger partial charge in [-0.1, -0.05) is 0 Å². The van der Waals surface area contributed by atoms with E-state index in [0.29, 0.717) is 5.75 Å². The molecule has 0 saturated carbocycles. The molecule has 0 aliphatic rings. The average molecular weight is 436 g/mol. The molecule has 2 aromatic carbocycles. The van der Waals surface area contributed by atoms with Crippen LogP contribution in [-0.2, 0) is 15.7 Å². The van der Waals surface area contributed by atoms with Gasteiger partial charge in [-0.2, -0.15) is 18.3 Å². The number of aromatic hydroxyl groups is 1. The smallest absolute Gasteiger partial charge is 0.416 e. The Balaban J connectivity index is 1.74. The SMILES string of the molecule is COc1ccc(C(=O)OCC(=O)Nc2cc(C(F)(F)F)ccc2-n2cncn2)c(O)c1. The molecule has 0 saturated heterocycles. The standard InChI is InChI=1S/C19H15F3N4O5/c1-30-12-3-4-13(16(27)7-12)18(29)31-8-17(28)25-14-6-11(19(20,21)22)2-5-15(14)26-10-23-9-24-26/h2-7,9-10,27H,8H2,1H3,(H,25,28). The third-order valence-corrected chi connectivity index (χ3v) is 4.02. The van der Waals surface area contributed by atoms with Gasteiger partial charge in [0.1, 0.15) is 29.7 Å². The summed E-state index contributed by atoms with van der Waals surface area (Å²) in [6, 6.07) is 6.51. The van der Waals surface area contributed by atoms with Crippen LogP contribution in [0.3, 0.4) is 0 Å². The number of rotatable bonds is 6. The van der Waals surface area contributed by atoms with Gasteiger partial charge in [0, 0.05) is 6.07 Å². The van der Waals surface area contributed by atoms with Gasteiger partial charge in [0.25, 0.3) is 5.91 Å². The van der Waals surface area contributed by atoms with Crippen molar-refractivity contribution in [3.8, 4) is 17.2 Å². The molecule has 12 heteroatoms. The number of aromatic nitrogens is 3. The fourth-order valence-corrected chi connectivity index (χ4v) is 2.55. The Bertz CT molecular complexity index is 1100. The quantitative estimate of drug-likeness (QED) is 0.571. The lowest BCUT2D eigenvalue weighted by atomic mass is 10.1. The number of halogens is 3. The number of hydrogen-bond donors (Lipinski definition) is 2. The van der Waals surface area contributed by atoms with E-state index in [4.69, 9.17) is 9.47 Å². The minimum atomic E-state index is -4.64. The topological polar surface area (TPSA) is 116 Å². The molecular formula is C19H15F3N4O5. The van der Waals surface area contributed by atoms with E-state index in [1.54, 1.807) is 0 Å². The molecule has 0 aliphatic carbocycles. The lowest BCUT2D eigenvalue weighted by molar-refractivity contribution is -0.137. The molecule has 0 unspecified atom stereocenters. The summed E-state index contributed by atoms with van der Waals surface area (Å²) in [6.45, 7) is -0.808. The minimum Gasteiger partial charge on any atom is -0.507 e. The summed E-state index contributed by atoms with van der Waals surface area (Å²) in [5.41, 5.74) is -1.30. The minimum absolute atomic E-state index is 0.123. The first-order chi connectivity index (χ1) is 14.7. The molecule has 0 spiro atoms. The molecule has 3 aromatic rings. The maximum Gasteiger partial charge on any atom is 0.416 e. The zero-order chi connectivity index (χ0) is 22.6. The number of esters is 1. The molecule has 0 aliphatic heterocycles. The van der Waals surface area contributed by atoms with Crippen molar-refractivity contribution < 1.29 is 37.3 Å². The summed E-state index contributed by atoms with van der Waals surface area (Å²) < 4.78 is 50.1. The highest BCUT2D eigenvalue weighted by Gasteiger charge is 2.31. The summed E-state index contributed by atoms with van der Waals surface area (Å²) in [5.74, 6) is -2.02. The number of benzene rings is 2.